The average molecular weight is 468 g/mol. The molecule has 8 nitrogen and oxygen atoms in total. The van der Waals surface area contributed by atoms with Crippen LogP contribution >= 0.6 is 11.8 Å². The van der Waals surface area contributed by atoms with Crippen LogP contribution in [0.5, 0.6) is 0 Å². The fourth-order valence-electron chi connectivity index (χ4n) is 5.30. The number of carbonyl (C=O) groups excluding carboxylic acids is 1. The number of nitrogens with one attached hydrogen (secondary N) is 1. The molecule has 0 aliphatic carbocycles. The first-order chi connectivity index (χ1) is 16.1. The molecule has 1 aromatic carbocycles. The van der Waals surface area contributed by atoms with Gasteiger partial charge in [0.05, 0.1) is 29.6 Å². The van der Waals surface area contributed by atoms with Gasteiger partial charge >= 0.3 is 0 Å². The van der Waals surface area contributed by atoms with Gasteiger partial charge in [0, 0.05) is 43.7 Å². The minimum absolute atomic E-state index is 0.109. The third-order valence-electron chi connectivity index (χ3n) is 7.11. The van der Waals surface area contributed by atoms with Gasteiger partial charge in [0.15, 0.2) is 11.4 Å². The molecule has 3 saturated heterocycles. The number of allylic oxidation sites excluding steroid dienone is 1. The molecule has 4 aliphatic heterocycles. The van der Waals surface area contributed by atoms with E-state index in [0.29, 0.717) is 13.3 Å². The molecule has 3 atom stereocenters. The third-order valence-corrected chi connectivity index (χ3v) is 8.39. The van der Waals surface area contributed by atoms with Crippen molar-refractivity contribution in [3.63, 3.8) is 0 Å². The molecule has 1 N–H and O–H groups in total. The maximum atomic E-state index is 13.4. The van der Waals surface area contributed by atoms with Gasteiger partial charge in [-0.1, -0.05) is 16.8 Å². The minimum atomic E-state index is -0.109. The number of carbonyl (C=O) groups is 1. The lowest BCUT2D eigenvalue weighted by Gasteiger charge is -2.42. The van der Waals surface area contributed by atoms with Gasteiger partial charge in [0.1, 0.15) is 6.61 Å². The molecule has 0 spiro atoms. The maximum Gasteiger partial charge on any atom is 0.233 e. The summed E-state index contributed by atoms with van der Waals surface area (Å²) in [6, 6.07) is 6.33. The Bertz CT molecular complexity index is 1140. The van der Waals surface area contributed by atoms with Gasteiger partial charge in [-0.25, -0.2) is 0 Å². The van der Waals surface area contributed by atoms with Gasteiger partial charge in [-0.3, -0.25) is 15.0 Å². The molecule has 0 radical (unpaired) electrons. The van der Waals surface area contributed by atoms with Crippen LogP contribution in [0.2, 0.25) is 0 Å². The Kier molecular flexibility index (Phi) is 5.35. The van der Waals surface area contributed by atoms with E-state index in [1.807, 2.05) is 11.0 Å². The van der Waals surface area contributed by atoms with Crippen LogP contribution in [0.15, 0.2) is 45.5 Å². The number of rotatable bonds is 4. The lowest BCUT2D eigenvalue weighted by atomic mass is 9.94. The van der Waals surface area contributed by atoms with E-state index in [-0.39, 0.29) is 23.2 Å². The van der Waals surface area contributed by atoms with E-state index in [1.54, 1.807) is 18.0 Å². The Hall–Kier alpha value is -2.49. The van der Waals surface area contributed by atoms with Crippen molar-refractivity contribution in [2.45, 2.75) is 25.3 Å². The number of hydrogen-bond acceptors (Lipinski definition) is 8. The highest BCUT2D eigenvalue weighted by Crippen LogP contribution is 2.47. The number of hydrogen-bond donors (Lipinski definition) is 1. The Labute approximate surface area is 197 Å². The summed E-state index contributed by atoms with van der Waals surface area (Å²) in [6.45, 7) is 9.96. The van der Waals surface area contributed by atoms with Crippen LogP contribution in [0, 0.1) is 12.8 Å². The van der Waals surface area contributed by atoms with Crippen molar-refractivity contribution in [2.75, 3.05) is 50.9 Å². The summed E-state index contributed by atoms with van der Waals surface area (Å²) in [6.07, 6.45) is 3.87. The standard InChI is InChI=1S/C24H29N5O3S/c1-15-3-4-19-18(11-15)22(26-32-19)28-8-6-27(7-9-28)12-16(2)29-14-25-23-21(24(29)30)17-5-10-31-13-20(17)33-23/h3-5,11,13,16,21,23,25H,6-10,12,14H2,1-2H3/t16-,21?,23?/m1/s1. The molecule has 1 aromatic heterocycles. The minimum Gasteiger partial charge on any atom is -0.496 e. The molecule has 0 bridgehead atoms. The normalized spacial score (nSPS) is 26.5. The molecule has 6 rings (SSSR count). The molecule has 2 aromatic rings. The van der Waals surface area contributed by atoms with Crippen LogP contribution in [0.1, 0.15) is 12.5 Å². The van der Waals surface area contributed by atoms with Crippen LogP contribution in [0.3, 0.4) is 0 Å². The first-order valence-corrected chi connectivity index (χ1v) is 12.5. The molecular formula is C24H29N5O3S. The van der Waals surface area contributed by atoms with Crippen LogP contribution in [-0.4, -0.2) is 78.3 Å². The van der Waals surface area contributed by atoms with Gasteiger partial charge in [-0.15, -0.1) is 11.8 Å². The summed E-state index contributed by atoms with van der Waals surface area (Å²) in [4.78, 5) is 21.3. The Morgan fingerprint density at radius 3 is 2.97 bits per heavy atom. The summed E-state index contributed by atoms with van der Waals surface area (Å²) in [5.74, 6) is 1.07. The fourth-order valence-corrected chi connectivity index (χ4v) is 6.60. The fraction of sp³-hybridized carbons (Fsp3) is 0.500. The Morgan fingerprint density at radius 1 is 1.27 bits per heavy atom. The van der Waals surface area contributed by atoms with Crippen molar-refractivity contribution in [3.05, 3.63) is 46.6 Å². The molecule has 33 heavy (non-hydrogen) atoms. The molecule has 0 saturated carbocycles. The summed E-state index contributed by atoms with van der Waals surface area (Å²) >= 11 is 1.71. The van der Waals surface area contributed by atoms with Crippen LogP contribution < -0.4 is 10.2 Å². The van der Waals surface area contributed by atoms with Crippen molar-refractivity contribution in [3.8, 4) is 0 Å². The van der Waals surface area contributed by atoms with Gasteiger partial charge in [0.2, 0.25) is 5.91 Å². The number of aryl methyl sites for hydroxylation is 1. The third kappa shape index (κ3) is 3.72. The van der Waals surface area contributed by atoms with E-state index in [9.17, 15) is 4.79 Å². The highest BCUT2D eigenvalue weighted by molar-refractivity contribution is 8.04. The van der Waals surface area contributed by atoms with E-state index in [2.05, 4.69) is 52.3 Å². The van der Waals surface area contributed by atoms with Crippen LogP contribution in [0.25, 0.3) is 11.0 Å². The van der Waals surface area contributed by atoms with Gasteiger partial charge in [-0.05, 0) is 37.6 Å². The average Bonchev–Trinajstić information content (AvgIpc) is 3.41. The van der Waals surface area contributed by atoms with Crippen molar-refractivity contribution in [2.24, 2.45) is 5.92 Å². The van der Waals surface area contributed by atoms with Crippen molar-refractivity contribution < 1.29 is 14.1 Å². The molecular weight excluding hydrogens is 438 g/mol. The van der Waals surface area contributed by atoms with Gasteiger partial charge in [0.25, 0.3) is 0 Å². The number of benzene rings is 1. The number of ether oxygens (including phenoxy) is 1. The number of thioether (sulfide) groups is 1. The summed E-state index contributed by atoms with van der Waals surface area (Å²) in [7, 11) is 0. The summed E-state index contributed by atoms with van der Waals surface area (Å²) < 4.78 is 11.0. The van der Waals surface area contributed by atoms with E-state index < -0.39 is 0 Å². The second-order valence-electron chi connectivity index (χ2n) is 9.30. The molecule has 5 heterocycles. The van der Waals surface area contributed by atoms with Crippen LogP contribution in [-0.2, 0) is 9.53 Å². The quantitative estimate of drug-likeness (QED) is 0.736. The zero-order valence-corrected chi connectivity index (χ0v) is 19.8. The second-order valence-corrected chi connectivity index (χ2v) is 10.5. The number of fused-ring (bicyclic) bond motifs is 4. The van der Waals surface area contributed by atoms with Crippen LogP contribution in [0.4, 0.5) is 5.82 Å². The largest absolute Gasteiger partial charge is 0.496 e. The highest BCUT2D eigenvalue weighted by atomic mass is 32.2. The smallest absolute Gasteiger partial charge is 0.233 e. The van der Waals surface area contributed by atoms with E-state index in [1.165, 1.54) is 5.56 Å². The number of piperazine rings is 1. The van der Waals surface area contributed by atoms with Crippen molar-refractivity contribution >= 4 is 34.5 Å². The molecule has 1 amide bonds. The molecule has 2 unspecified atom stereocenters. The first kappa shape index (κ1) is 21.1. The monoisotopic (exact) mass is 467 g/mol. The van der Waals surface area contributed by atoms with Crippen molar-refractivity contribution in [1.82, 2.24) is 20.3 Å². The van der Waals surface area contributed by atoms with E-state index >= 15 is 0 Å². The van der Waals surface area contributed by atoms with Crippen molar-refractivity contribution in [1.29, 1.82) is 0 Å². The van der Waals surface area contributed by atoms with Gasteiger partial charge < -0.3 is 19.1 Å². The molecule has 9 heteroatoms. The number of nitrogens with zero attached hydrogens (tertiary/aromatic N) is 4. The SMILES string of the molecule is Cc1ccc2onc(N3CCN(C[C@@H](C)N4CNC5SC6=COCC=C6C5C4=O)CC3)c2c1. The summed E-state index contributed by atoms with van der Waals surface area (Å²) in [5.41, 5.74) is 3.18. The predicted molar refractivity (Wildman–Crippen MR) is 129 cm³/mol. The lowest BCUT2D eigenvalue weighted by Crippen LogP contribution is -2.60. The van der Waals surface area contributed by atoms with E-state index in [0.717, 1.165) is 60.0 Å². The topological polar surface area (TPSA) is 74.1 Å². The molecule has 4 aliphatic rings. The van der Waals surface area contributed by atoms with E-state index in [4.69, 9.17) is 9.26 Å². The molecule has 3 fully saturated rings. The number of aromatic nitrogens is 1. The predicted octanol–water partition coefficient (Wildman–Crippen LogP) is 2.52. The number of anilines is 1. The number of amides is 1. The lowest BCUT2D eigenvalue weighted by molar-refractivity contribution is -0.140. The zero-order valence-electron chi connectivity index (χ0n) is 19.0. The highest BCUT2D eigenvalue weighted by Gasteiger charge is 2.47. The maximum absolute atomic E-state index is 13.4. The second kappa shape index (κ2) is 8.38. The first-order valence-electron chi connectivity index (χ1n) is 11.6. The Morgan fingerprint density at radius 2 is 2.12 bits per heavy atom. The summed E-state index contributed by atoms with van der Waals surface area (Å²) in [5, 5.41) is 9.11. The Balaban J connectivity index is 1.08. The van der Waals surface area contributed by atoms with Gasteiger partial charge in [-0.2, -0.15) is 0 Å². The molecule has 174 valence electrons. The zero-order chi connectivity index (χ0) is 22.5.